The van der Waals surface area contributed by atoms with Gasteiger partial charge >= 0.3 is 6.16 Å². The van der Waals surface area contributed by atoms with E-state index in [1.54, 1.807) is 22.8 Å². The normalized spacial score (nSPS) is 10.8. The molecule has 0 saturated heterocycles. The summed E-state index contributed by atoms with van der Waals surface area (Å²) in [6.45, 7) is 0.432. The Morgan fingerprint density at radius 1 is 1.27 bits per heavy atom. The third kappa shape index (κ3) is 2.69. The zero-order chi connectivity index (χ0) is 15.7. The Kier molecular flexibility index (Phi) is 3.38. The molecule has 3 N–H and O–H groups in total. The van der Waals surface area contributed by atoms with Crippen LogP contribution in [0.15, 0.2) is 42.5 Å². The van der Waals surface area contributed by atoms with E-state index in [0.29, 0.717) is 12.1 Å². The van der Waals surface area contributed by atoms with E-state index in [1.807, 2.05) is 0 Å². The van der Waals surface area contributed by atoms with Crippen molar-refractivity contribution in [1.82, 2.24) is 9.55 Å². The van der Waals surface area contributed by atoms with Gasteiger partial charge in [-0.2, -0.15) is 0 Å². The Morgan fingerprint density at radius 3 is 2.68 bits per heavy atom. The van der Waals surface area contributed by atoms with E-state index in [0.717, 1.165) is 11.1 Å². The van der Waals surface area contributed by atoms with Gasteiger partial charge in [-0.3, -0.25) is 0 Å². The van der Waals surface area contributed by atoms with Gasteiger partial charge in [-0.1, -0.05) is 12.1 Å². The molecule has 1 aromatic heterocycles. The van der Waals surface area contributed by atoms with E-state index in [2.05, 4.69) is 9.72 Å². The Balaban J connectivity index is 1.97. The number of imidazole rings is 1. The van der Waals surface area contributed by atoms with E-state index in [4.69, 9.17) is 10.8 Å². The maximum Gasteiger partial charge on any atom is 0.511 e. The molecule has 6 nitrogen and oxygen atoms in total. The maximum atomic E-state index is 12.9. The van der Waals surface area contributed by atoms with Crippen LogP contribution in [0.25, 0.3) is 11.0 Å². The zero-order valence-electron chi connectivity index (χ0n) is 11.4. The Morgan fingerprint density at radius 2 is 2.00 bits per heavy atom. The summed E-state index contributed by atoms with van der Waals surface area (Å²) in [5.41, 5.74) is 8.04. The van der Waals surface area contributed by atoms with Gasteiger partial charge in [0.1, 0.15) is 11.6 Å². The van der Waals surface area contributed by atoms with Crippen molar-refractivity contribution in [3.8, 4) is 5.75 Å². The third-order valence-electron chi connectivity index (χ3n) is 3.21. The topological polar surface area (TPSA) is 90.4 Å². The minimum atomic E-state index is -1.39. The van der Waals surface area contributed by atoms with E-state index in [1.165, 1.54) is 24.3 Å². The second-order valence-corrected chi connectivity index (χ2v) is 4.70. The summed E-state index contributed by atoms with van der Waals surface area (Å²) in [6, 6.07) is 10.8. The molecule has 22 heavy (non-hydrogen) atoms. The van der Waals surface area contributed by atoms with Crippen LogP contribution in [0.4, 0.5) is 15.1 Å². The Labute approximate surface area is 124 Å². The Hall–Kier alpha value is -3.09. The SMILES string of the molecule is Nc1nc2cc(OC(=O)O)ccc2n1Cc1ccc(F)cc1. The molecule has 0 spiro atoms. The monoisotopic (exact) mass is 301 g/mol. The number of benzene rings is 2. The fourth-order valence-electron chi connectivity index (χ4n) is 2.23. The number of fused-ring (bicyclic) bond motifs is 1. The second-order valence-electron chi connectivity index (χ2n) is 4.70. The molecule has 0 radical (unpaired) electrons. The van der Waals surface area contributed by atoms with Gasteiger partial charge in [-0.15, -0.1) is 0 Å². The average molecular weight is 301 g/mol. The number of aromatic nitrogens is 2. The number of anilines is 1. The van der Waals surface area contributed by atoms with Crippen LogP contribution in [0.5, 0.6) is 5.75 Å². The van der Waals surface area contributed by atoms with Gasteiger partial charge in [0.25, 0.3) is 0 Å². The minimum Gasteiger partial charge on any atom is -0.449 e. The number of hydrogen-bond acceptors (Lipinski definition) is 4. The van der Waals surface area contributed by atoms with Crippen molar-refractivity contribution in [2.75, 3.05) is 5.73 Å². The molecule has 0 aliphatic carbocycles. The molecule has 112 valence electrons. The molecular weight excluding hydrogens is 289 g/mol. The number of halogens is 1. The molecule has 0 atom stereocenters. The number of carbonyl (C=O) groups is 1. The van der Waals surface area contributed by atoms with Crippen LogP contribution in [0.1, 0.15) is 5.56 Å². The van der Waals surface area contributed by atoms with Crippen LogP contribution in [0.2, 0.25) is 0 Å². The average Bonchev–Trinajstić information content (AvgIpc) is 2.76. The van der Waals surface area contributed by atoms with Crippen LogP contribution in [0.3, 0.4) is 0 Å². The number of ether oxygens (including phenoxy) is 1. The van der Waals surface area contributed by atoms with Gasteiger partial charge in [0, 0.05) is 6.07 Å². The van der Waals surface area contributed by atoms with Gasteiger partial charge in [-0.25, -0.2) is 14.2 Å². The molecule has 1 heterocycles. The molecule has 0 aliphatic rings. The van der Waals surface area contributed by atoms with E-state index in [9.17, 15) is 9.18 Å². The molecular formula is C15H12FN3O3. The van der Waals surface area contributed by atoms with E-state index in [-0.39, 0.29) is 17.5 Å². The minimum absolute atomic E-state index is 0.173. The van der Waals surface area contributed by atoms with Crippen LogP contribution in [-0.2, 0) is 6.54 Å². The van der Waals surface area contributed by atoms with Crippen molar-refractivity contribution in [2.24, 2.45) is 0 Å². The van der Waals surface area contributed by atoms with Crippen molar-refractivity contribution >= 4 is 23.1 Å². The predicted molar refractivity (Wildman–Crippen MR) is 78.3 cm³/mol. The fourth-order valence-corrected chi connectivity index (χ4v) is 2.23. The molecule has 0 bridgehead atoms. The molecule has 2 aromatic carbocycles. The lowest BCUT2D eigenvalue weighted by Crippen LogP contribution is -2.05. The summed E-state index contributed by atoms with van der Waals surface area (Å²) in [4.78, 5) is 14.7. The van der Waals surface area contributed by atoms with E-state index >= 15 is 0 Å². The number of hydrogen-bond donors (Lipinski definition) is 2. The highest BCUT2D eigenvalue weighted by atomic mass is 19.1. The van der Waals surface area contributed by atoms with Crippen molar-refractivity contribution in [3.05, 3.63) is 53.8 Å². The quantitative estimate of drug-likeness (QED) is 0.573. The highest BCUT2D eigenvalue weighted by Crippen LogP contribution is 2.24. The summed E-state index contributed by atoms with van der Waals surface area (Å²) < 4.78 is 19.3. The first-order valence-electron chi connectivity index (χ1n) is 6.44. The fraction of sp³-hybridized carbons (Fsp3) is 0.0667. The molecule has 0 amide bonds. The number of nitrogen functional groups attached to an aromatic ring is 1. The first-order valence-corrected chi connectivity index (χ1v) is 6.44. The molecule has 0 aliphatic heterocycles. The Bertz CT molecular complexity index is 843. The molecule has 3 aromatic rings. The van der Waals surface area contributed by atoms with Gasteiger partial charge in [0.05, 0.1) is 17.6 Å². The van der Waals surface area contributed by atoms with Crippen molar-refractivity contribution in [2.45, 2.75) is 6.54 Å². The highest BCUT2D eigenvalue weighted by molar-refractivity contribution is 5.80. The van der Waals surface area contributed by atoms with Crippen LogP contribution >= 0.6 is 0 Å². The largest absolute Gasteiger partial charge is 0.511 e. The molecule has 3 rings (SSSR count). The van der Waals surface area contributed by atoms with Gasteiger partial charge < -0.3 is 20.1 Å². The first-order chi connectivity index (χ1) is 10.5. The summed E-state index contributed by atoms with van der Waals surface area (Å²) in [5.74, 6) is 0.154. The van der Waals surface area contributed by atoms with Crippen LogP contribution in [0, 0.1) is 5.82 Å². The summed E-state index contributed by atoms with van der Waals surface area (Å²) in [7, 11) is 0. The van der Waals surface area contributed by atoms with Gasteiger partial charge in [-0.05, 0) is 29.8 Å². The molecule has 0 saturated carbocycles. The number of nitrogens with zero attached hydrogens (tertiary/aromatic N) is 2. The smallest absolute Gasteiger partial charge is 0.449 e. The molecule has 7 heteroatoms. The first kappa shape index (κ1) is 13.9. The second kappa shape index (κ2) is 5.36. The van der Waals surface area contributed by atoms with Crippen molar-refractivity contribution in [3.63, 3.8) is 0 Å². The number of carboxylic acid groups (broad SMARTS) is 1. The summed E-state index contributed by atoms with van der Waals surface area (Å²) in [6.07, 6.45) is -1.39. The van der Waals surface area contributed by atoms with Crippen molar-refractivity contribution < 1.29 is 19.0 Å². The number of nitrogens with two attached hydrogens (primary N) is 1. The predicted octanol–water partition coefficient (Wildman–Crippen LogP) is 2.86. The van der Waals surface area contributed by atoms with Crippen LogP contribution in [-0.4, -0.2) is 20.8 Å². The standard InChI is InChI=1S/C15H12FN3O3/c16-10-3-1-9(2-4-10)8-19-13-6-5-11(22-15(20)21)7-12(13)18-14(19)17/h1-7H,8H2,(H2,17,18)(H,20,21). The lowest BCUT2D eigenvalue weighted by Gasteiger charge is -2.07. The van der Waals surface area contributed by atoms with Gasteiger partial charge in [0.15, 0.2) is 0 Å². The molecule has 0 unspecified atom stereocenters. The van der Waals surface area contributed by atoms with Crippen LogP contribution < -0.4 is 10.5 Å². The number of rotatable bonds is 3. The lowest BCUT2D eigenvalue weighted by atomic mass is 10.2. The summed E-state index contributed by atoms with van der Waals surface area (Å²) >= 11 is 0. The van der Waals surface area contributed by atoms with Gasteiger partial charge in [0.2, 0.25) is 5.95 Å². The maximum absolute atomic E-state index is 12.9. The van der Waals surface area contributed by atoms with Crippen molar-refractivity contribution in [1.29, 1.82) is 0 Å². The summed E-state index contributed by atoms with van der Waals surface area (Å²) in [5, 5.41) is 8.61. The molecule has 0 fully saturated rings. The zero-order valence-corrected chi connectivity index (χ0v) is 11.4. The third-order valence-corrected chi connectivity index (χ3v) is 3.21. The van der Waals surface area contributed by atoms with E-state index < -0.39 is 6.16 Å². The lowest BCUT2D eigenvalue weighted by molar-refractivity contribution is 0.144. The highest BCUT2D eigenvalue weighted by Gasteiger charge is 2.11.